The van der Waals surface area contributed by atoms with Gasteiger partial charge in [0.05, 0.1) is 0 Å². The molecule has 80 valence electrons. The van der Waals surface area contributed by atoms with Crippen molar-refractivity contribution in [2.75, 3.05) is 0 Å². The maximum Gasteiger partial charge on any atom is 0.123 e. The molecule has 0 amide bonds. The van der Waals surface area contributed by atoms with Gasteiger partial charge in [0.25, 0.3) is 0 Å². The van der Waals surface area contributed by atoms with E-state index in [0.29, 0.717) is 0 Å². The molecule has 2 rings (SSSR count). The fourth-order valence-corrected chi connectivity index (χ4v) is 2.09. The molecule has 0 fully saturated rings. The Morgan fingerprint density at radius 1 is 1.40 bits per heavy atom. The second-order valence-corrected chi connectivity index (χ2v) is 4.19. The first-order valence-corrected chi connectivity index (χ1v) is 5.43. The van der Waals surface area contributed by atoms with Gasteiger partial charge in [-0.15, -0.1) is 0 Å². The van der Waals surface area contributed by atoms with Crippen LogP contribution in [0.4, 0.5) is 4.39 Å². The van der Waals surface area contributed by atoms with Crippen LogP contribution in [-0.2, 0) is 6.42 Å². The first-order valence-electron chi connectivity index (χ1n) is 5.43. The molecule has 0 spiro atoms. The van der Waals surface area contributed by atoms with E-state index in [1.54, 1.807) is 12.1 Å². The van der Waals surface area contributed by atoms with E-state index < -0.39 is 0 Å². The molecule has 0 saturated carbocycles. The highest BCUT2D eigenvalue weighted by Gasteiger charge is 2.10. The Balaban J connectivity index is 2.08. The van der Waals surface area contributed by atoms with Crippen molar-refractivity contribution >= 4 is 0 Å². The molecule has 1 nitrogen and oxygen atoms in total. The summed E-state index contributed by atoms with van der Waals surface area (Å²) in [5.74, 6) is -0.159. The van der Waals surface area contributed by atoms with Crippen LogP contribution < -0.4 is 5.73 Å². The summed E-state index contributed by atoms with van der Waals surface area (Å²) in [5, 5.41) is 0. The molecule has 1 atom stereocenters. The molecule has 1 aromatic carbocycles. The monoisotopic (exact) mass is 205 g/mol. The molecule has 2 heteroatoms. The Morgan fingerprint density at radius 3 is 3.00 bits per heavy atom. The molecule has 1 unspecified atom stereocenters. The van der Waals surface area contributed by atoms with E-state index in [9.17, 15) is 4.39 Å². The average Bonchev–Trinajstić information content (AvgIpc) is 2.17. The van der Waals surface area contributed by atoms with Crippen LogP contribution in [0, 0.1) is 5.82 Å². The van der Waals surface area contributed by atoms with Gasteiger partial charge in [-0.3, -0.25) is 0 Å². The summed E-state index contributed by atoms with van der Waals surface area (Å²) in [6.45, 7) is 0. The Kier molecular flexibility index (Phi) is 3.17. The van der Waals surface area contributed by atoms with Gasteiger partial charge in [0.15, 0.2) is 0 Å². The number of halogens is 1. The zero-order chi connectivity index (χ0) is 10.7. The molecule has 15 heavy (non-hydrogen) atoms. The van der Waals surface area contributed by atoms with Gasteiger partial charge in [0.2, 0.25) is 0 Å². The summed E-state index contributed by atoms with van der Waals surface area (Å²) in [6, 6.07) is 6.99. The Bertz CT molecular complexity index is 371. The third kappa shape index (κ3) is 2.90. The lowest BCUT2D eigenvalue weighted by atomic mass is 9.92. The zero-order valence-electron chi connectivity index (χ0n) is 8.75. The maximum atomic E-state index is 13.0. The minimum absolute atomic E-state index is 0.159. The molecule has 0 heterocycles. The van der Waals surface area contributed by atoms with Crippen molar-refractivity contribution < 1.29 is 4.39 Å². The predicted molar refractivity (Wildman–Crippen MR) is 60.0 cm³/mol. The quantitative estimate of drug-likeness (QED) is 0.738. The number of rotatable bonds is 2. The number of nitrogens with two attached hydrogens (primary N) is 1. The summed E-state index contributed by atoms with van der Waals surface area (Å²) in [4.78, 5) is 0. The summed E-state index contributed by atoms with van der Waals surface area (Å²) in [5.41, 5.74) is 8.24. The fourth-order valence-electron chi connectivity index (χ4n) is 2.09. The normalized spacial score (nSPS) is 21.2. The molecular weight excluding hydrogens is 189 g/mol. The highest BCUT2D eigenvalue weighted by molar-refractivity contribution is 5.24. The minimum Gasteiger partial charge on any atom is -0.324 e. The molecular formula is C13H16FN. The third-order valence-electron chi connectivity index (χ3n) is 2.81. The lowest BCUT2D eigenvalue weighted by Gasteiger charge is -2.17. The zero-order valence-corrected chi connectivity index (χ0v) is 8.75. The van der Waals surface area contributed by atoms with Crippen LogP contribution >= 0.6 is 0 Å². The van der Waals surface area contributed by atoms with Gasteiger partial charge in [-0.25, -0.2) is 4.39 Å². The Hall–Kier alpha value is -1.15. The highest BCUT2D eigenvalue weighted by atomic mass is 19.1. The fraction of sp³-hybridized carbons (Fsp3) is 0.385. The van der Waals surface area contributed by atoms with Crippen molar-refractivity contribution in [3.63, 3.8) is 0 Å². The minimum atomic E-state index is -0.159. The third-order valence-corrected chi connectivity index (χ3v) is 2.81. The van der Waals surface area contributed by atoms with E-state index in [4.69, 9.17) is 5.73 Å². The molecule has 0 aliphatic heterocycles. The van der Waals surface area contributed by atoms with Crippen molar-refractivity contribution in [3.8, 4) is 0 Å². The molecule has 0 aromatic heterocycles. The van der Waals surface area contributed by atoms with E-state index in [1.807, 2.05) is 6.07 Å². The SMILES string of the molecule is NC1C=C(Cc2cccc(F)c2)CCC1. The lowest BCUT2D eigenvalue weighted by molar-refractivity contribution is 0.613. The second-order valence-electron chi connectivity index (χ2n) is 4.19. The van der Waals surface area contributed by atoms with E-state index in [1.165, 1.54) is 11.6 Å². The van der Waals surface area contributed by atoms with E-state index in [-0.39, 0.29) is 11.9 Å². The highest BCUT2D eigenvalue weighted by Crippen LogP contribution is 2.20. The molecule has 0 bridgehead atoms. The molecule has 2 N–H and O–H groups in total. The number of hydrogen-bond acceptors (Lipinski definition) is 1. The molecule has 1 aliphatic rings. The second kappa shape index (κ2) is 4.58. The Morgan fingerprint density at radius 2 is 2.27 bits per heavy atom. The predicted octanol–water partition coefficient (Wildman–Crippen LogP) is 2.81. The van der Waals surface area contributed by atoms with E-state index in [0.717, 1.165) is 31.2 Å². The van der Waals surface area contributed by atoms with Gasteiger partial charge in [-0.05, 0) is 43.4 Å². The van der Waals surface area contributed by atoms with Gasteiger partial charge in [0, 0.05) is 6.04 Å². The summed E-state index contributed by atoms with van der Waals surface area (Å²) in [7, 11) is 0. The lowest BCUT2D eigenvalue weighted by Crippen LogP contribution is -2.20. The molecule has 0 saturated heterocycles. The summed E-state index contributed by atoms with van der Waals surface area (Å²) < 4.78 is 13.0. The van der Waals surface area contributed by atoms with Gasteiger partial charge in [-0.2, -0.15) is 0 Å². The van der Waals surface area contributed by atoms with Gasteiger partial charge in [0.1, 0.15) is 5.82 Å². The Labute approximate surface area is 89.8 Å². The van der Waals surface area contributed by atoms with Crippen LogP contribution in [0.5, 0.6) is 0 Å². The van der Waals surface area contributed by atoms with Crippen LogP contribution in [0.15, 0.2) is 35.9 Å². The van der Waals surface area contributed by atoms with Crippen LogP contribution in [0.25, 0.3) is 0 Å². The van der Waals surface area contributed by atoms with Gasteiger partial charge in [-0.1, -0.05) is 23.8 Å². The van der Waals surface area contributed by atoms with Crippen LogP contribution in [0.3, 0.4) is 0 Å². The largest absolute Gasteiger partial charge is 0.324 e. The van der Waals surface area contributed by atoms with Crippen LogP contribution in [0.2, 0.25) is 0 Å². The summed E-state index contributed by atoms with van der Waals surface area (Å²) >= 11 is 0. The molecule has 0 radical (unpaired) electrons. The first kappa shape index (κ1) is 10.4. The van der Waals surface area contributed by atoms with Crippen molar-refractivity contribution in [1.82, 2.24) is 0 Å². The van der Waals surface area contributed by atoms with Crippen LogP contribution in [0.1, 0.15) is 24.8 Å². The van der Waals surface area contributed by atoms with Crippen LogP contribution in [-0.4, -0.2) is 6.04 Å². The topological polar surface area (TPSA) is 26.0 Å². The smallest absolute Gasteiger partial charge is 0.123 e. The van der Waals surface area contributed by atoms with Gasteiger partial charge >= 0.3 is 0 Å². The maximum absolute atomic E-state index is 13.0. The summed E-state index contributed by atoms with van der Waals surface area (Å²) in [6.07, 6.45) is 6.30. The standard InChI is InChI=1S/C13H16FN/c14-12-5-1-3-10(8-12)7-11-4-2-6-13(15)9-11/h1,3,5,8-9,13H,2,4,6-7,15H2. The first-order chi connectivity index (χ1) is 7.24. The van der Waals surface area contributed by atoms with Crippen molar-refractivity contribution in [3.05, 3.63) is 47.3 Å². The molecule has 1 aromatic rings. The van der Waals surface area contributed by atoms with Crippen molar-refractivity contribution in [2.24, 2.45) is 5.73 Å². The van der Waals surface area contributed by atoms with Crippen molar-refractivity contribution in [2.45, 2.75) is 31.7 Å². The number of allylic oxidation sites excluding steroid dienone is 1. The van der Waals surface area contributed by atoms with Crippen molar-refractivity contribution in [1.29, 1.82) is 0 Å². The number of benzene rings is 1. The van der Waals surface area contributed by atoms with E-state index >= 15 is 0 Å². The average molecular weight is 205 g/mol. The van der Waals surface area contributed by atoms with Gasteiger partial charge < -0.3 is 5.73 Å². The van der Waals surface area contributed by atoms with E-state index in [2.05, 4.69) is 6.08 Å². The molecule has 1 aliphatic carbocycles. The number of hydrogen-bond donors (Lipinski definition) is 1.